The van der Waals surface area contributed by atoms with Crippen LogP contribution in [0.15, 0.2) is 36.4 Å². The van der Waals surface area contributed by atoms with Gasteiger partial charge in [0.05, 0.1) is 12.6 Å². The Labute approximate surface area is 197 Å². The van der Waals surface area contributed by atoms with E-state index in [1.165, 1.54) is 0 Å². The topological polar surface area (TPSA) is 75.7 Å². The van der Waals surface area contributed by atoms with Gasteiger partial charge >= 0.3 is 0 Å². The summed E-state index contributed by atoms with van der Waals surface area (Å²) in [4.78, 5) is 16.1. The monoisotopic (exact) mass is 465 g/mol. The minimum Gasteiger partial charge on any atom is -0.491 e. The van der Waals surface area contributed by atoms with Gasteiger partial charge in [0, 0.05) is 23.9 Å². The molecule has 4 atom stereocenters. The molecule has 0 bridgehead atoms. The van der Waals surface area contributed by atoms with Crippen LogP contribution in [0.2, 0.25) is 0 Å². The van der Waals surface area contributed by atoms with Crippen molar-refractivity contribution in [1.82, 2.24) is 0 Å². The second kappa shape index (κ2) is 7.10. The van der Waals surface area contributed by atoms with Gasteiger partial charge < -0.3 is 33.3 Å². The van der Waals surface area contributed by atoms with E-state index in [0.29, 0.717) is 43.6 Å². The first kappa shape index (κ1) is 20.6. The lowest BCUT2D eigenvalue weighted by molar-refractivity contribution is -0.153. The first-order valence-electron chi connectivity index (χ1n) is 11.9. The fourth-order valence-electron chi connectivity index (χ4n) is 6.06. The lowest BCUT2D eigenvalue weighted by atomic mass is 9.77. The summed E-state index contributed by atoms with van der Waals surface area (Å²) in [5.74, 6) is 1.29. The van der Waals surface area contributed by atoms with Gasteiger partial charge in [-0.05, 0) is 38.0 Å². The molecule has 178 valence electrons. The number of fused-ring (bicyclic) bond motifs is 6. The summed E-state index contributed by atoms with van der Waals surface area (Å²) in [6.45, 7) is 6.03. The molecule has 1 spiro atoms. The molecule has 3 unspecified atom stereocenters. The number of carbonyl (C=O) groups is 1. The van der Waals surface area contributed by atoms with Gasteiger partial charge in [0.1, 0.15) is 43.2 Å². The number of nitrogens with zero attached hydrogens (tertiary/aromatic N) is 1. The molecule has 8 nitrogen and oxygen atoms in total. The Balaban J connectivity index is 1.28. The van der Waals surface area contributed by atoms with Crippen molar-refractivity contribution in [3.05, 3.63) is 47.5 Å². The van der Waals surface area contributed by atoms with E-state index in [1.807, 2.05) is 55.1 Å². The van der Waals surface area contributed by atoms with Crippen LogP contribution in [0.25, 0.3) is 0 Å². The Hall–Kier alpha value is -2.81. The fourth-order valence-corrected chi connectivity index (χ4v) is 6.06. The molecule has 0 aliphatic carbocycles. The molecular formula is C26H27NO7. The van der Waals surface area contributed by atoms with Crippen molar-refractivity contribution in [1.29, 1.82) is 0 Å². The Morgan fingerprint density at radius 3 is 2.59 bits per heavy atom. The highest BCUT2D eigenvalue weighted by atomic mass is 16.8. The summed E-state index contributed by atoms with van der Waals surface area (Å²) in [6.07, 6.45) is 0.252. The normalized spacial score (nSPS) is 32.4. The zero-order valence-corrected chi connectivity index (χ0v) is 19.2. The highest BCUT2D eigenvalue weighted by molar-refractivity contribution is 6.11. The SMILES string of the molecule is CC1(C)OC2C(CN3C(=O)C4(COc5cc6c(cc54)OCCO6)c4ccccc43)OCC[C@H]2O1. The summed E-state index contributed by atoms with van der Waals surface area (Å²) in [5.41, 5.74) is 1.71. The quantitative estimate of drug-likeness (QED) is 0.675. The van der Waals surface area contributed by atoms with Gasteiger partial charge in [-0.15, -0.1) is 0 Å². The average molecular weight is 466 g/mol. The average Bonchev–Trinajstić information content (AvgIpc) is 3.44. The Kier molecular flexibility index (Phi) is 4.29. The largest absolute Gasteiger partial charge is 0.491 e. The van der Waals surface area contributed by atoms with Gasteiger partial charge in [-0.1, -0.05) is 18.2 Å². The van der Waals surface area contributed by atoms with Gasteiger partial charge in [-0.25, -0.2) is 0 Å². The minimum atomic E-state index is -0.928. The Bertz CT molecular complexity index is 1180. The van der Waals surface area contributed by atoms with Gasteiger partial charge in [0.2, 0.25) is 5.91 Å². The molecule has 34 heavy (non-hydrogen) atoms. The predicted octanol–water partition coefficient (Wildman–Crippen LogP) is 2.79. The van der Waals surface area contributed by atoms with Crippen LogP contribution >= 0.6 is 0 Å². The molecule has 0 saturated carbocycles. The third-order valence-corrected chi connectivity index (χ3v) is 7.50. The van der Waals surface area contributed by atoms with Crippen molar-refractivity contribution in [2.45, 2.75) is 49.8 Å². The Morgan fingerprint density at radius 2 is 1.74 bits per heavy atom. The number of rotatable bonds is 2. The second-order valence-corrected chi connectivity index (χ2v) is 9.96. The summed E-state index contributed by atoms with van der Waals surface area (Å²) in [6, 6.07) is 11.7. The van der Waals surface area contributed by atoms with Crippen molar-refractivity contribution in [3.8, 4) is 17.2 Å². The number of anilines is 1. The predicted molar refractivity (Wildman–Crippen MR) is 121 cm³/mol. The molecule has 0 aromatic heterocycles. The molecule has 2 fully saturated rings. The van der Waals surface area contributed by atoms with Crippen molar-refractivity contribution in [2.24, 2.45) is 0 Å². The van der Waals surface area contributed by atoms with Crippen LogP contribution in [-0.2, 0) is 24.4 Å². The molecule has 5 aliphatic heterocycles. The molecule has 0 radical (unpaired) electrons. The number of amides is 1. The molecule has 2 saturated heterocycles. The molecule has 1 amide bonds. The standard InChI is InChI=1S/C26H27NO7/c1-25(2)33-18-7-8-29-22(23(18)34-25)13-27-17-6-4-3-5-15(17)26(24(27)28)14-32-19-12-21-20(11-16(19)26)30-9-10-31-21/h3-6,11-12,18,22-23H,7-10,13-14H2,1-2H3/t18-,22?,23?,26?/m1/s1. The second-order valence-electron chi connectivity index (χ2n) is 9.96. The third kappa shape index (κ3) is 2.79. The number of ether oxygens (including phenoxy) is 6. The van der Waals surface area contributed by atoms with Gasteiger partial charge in [-0.2, -0.15) is 0 Å². The zero-order valence-electron chi connectivity index (χ0n) is 19.2. The zero-order chi connectivity index (χ0) is 23.1. The summed E-state index contributed by atoms with van der Waals surface area (Å²) >= 11 is 0. The van der Waals surface area contributed by atoms with Gasteiger partial charge in [0.15, 0.2) is 17.3 Å². The van der Waals surface area contributed by atoms with Crippen LogP contribution in [0, 0.1) is 0 Å². The van der Waals surface area contributed by atoms with E-state index in [9.17, 15) is 4.79 Å². The van der Waals surface area contributed by atoms with Gasteiger partial charge in [0.25, 0.3) is 0 Å². The first-order chi connectivity index (χ1) is 16.5. The Morgan fingerprint density at radius 1 is 0.941 bits per heavy atom. The van der Waals surface area contributed by atoms with Crippen LogP contribution in [0.4, 0.5) is 5.69 Å². The van der Waals surface area contributed by atoms with Crippen molar-refractivity contribution in [2.75, 3.05) is 37.9 Å². The lowest BCUT2D eigenvalue weighted by Gasteiger charge is -2.34. The number of hydrogen-bond donors (Lipinski definition) is 0. The molecular weight excluding hydrogens is 438 g/mol. The van der Waals surface area contributed by atoms with Crippen molar-refractivity contribution >= 4 is 11.6 Å². The molecule has 8 heteroatoms. The maximum Gasteiger partial charge on any atom is 0.245 e. The van der Waals surface area contributed by atoms with Crippen molar-refractivity contribution < 1.29 is 33.2 Å². The highest BCUT2D eigenvalue weighted by Crippen LogP contribution is 2.55. The fraction of sp³-hybridized carbons (Fsp3) is 0.500. The summed E-state index contributed by atoms with van der Waals surface area (Å²) in [5, 5.41) is 0. The maximum absolute atomic E-state index is 14.3. The molecule has 2 aromatic carbocycles. The maximum atomic E-state index is 14.3. The first-order valence-corrected chi connectivity index (χ1v) is 11.9. The number of para-hydroxylation sites is 1. The van der Waals surface area contributed by atoms with E-state index in [0.717, 1.165) is 23.2 Å². The number of benzene rings is 2. The lowest BCUT2D eigenvalue weighted by Crippen LogP contribution is -2.51. The van der Waals surface area contributed by atoms with E-state index in [2.05, 4.69) is 0 Å². The van der Waals surface area contributed by atoms with Crippen LogP contribution in [0.5, 0.6) is 17.2 Å². The minimum absolute atomic E-state index is 0.0203. The molecule has 0 N–H and O–H groups in total. The van der Waals surface area contributed by atoms with Crippen LogP contribution in [0.1, 0.15) is 31.4 Å². The summed E-state index contributed by atoms with van der Waals surface area (Å²) < 4.78 is 36.1. The molecule has 5 aliphatic rings. The van der Waals surface area contributed by atoms with Crippen molar-refractivity contribution in [3.63, 3.8) is 0 Å². The van der Waals surface area contributed by atoms with E-state index in [1.54, 1.807) is 0 Å². The van der Waals surface area contributed by atoms with Gasteiger partial charge in [-0.3, -0.25) is 4.79 Å². The van der Waals surface area contributed by atoms with Crippen LogP contribution < -0.4 is 19.1 Å². The van der Waals surface area contributed by atoms with E-state index in [4.69, 9.17) is 28.4 Å². The van der Waals surface area contributed by atoms with E-state index in [-0.39, 0.29) is 30.8 Å². The smallest absolute Gasteiger partial charge is 0.245 e. The highest BCUT2D eigenvalue weighted by Gasteiger charge is 2.58. The molecule has 5 heterocycles. The molecule has 2 aromatic rings. The van der Waals surface area contributed by atoms with Crippen LogP contribution in [0.3, 0.4) is 0 Å². The number of carbonyl (C=O) groups excluding carboxylic acids is 1. The molecule has 7 rings (SSSR count). The number of hydrogen-bond acceptors (Lipinski definition) is 7. The van der Waals surface area contributed by atoms with E-state index < -0.39 is 11.2 Å². The third-order valence-electron chi connectivity index (χ3n) is 7.50. The van der Waals surface area contributed by atoms with E-state index >= 15 is 0 Å². The summed E-state index contributed by atoms with van der Waals surface area (Å²) in [7, 11) is 0. The van der Waals surface area contributed by atoms with Crippen LogP contribution in [-0.4, -0.2) is 63.0 Å².